The molecule has 0 unspecified atom stereocenters. The Kier molecular flexibility index (Phi) is 4.08. The van der Waals surface area contributed by atoms with Crippen molar-refractivity contribution in [1.29, 1.82) is 0 Å². The lowest BCUT2D eigenvalue weighted by molar-refractivity contribution is 0.0818. The van der Waals surface area contributed by atoms with Gasteiger partial charge < -0.3 is 4.74 Å². The zero-order chi connectivity index (χ0) is 14.8. The highest BCUT2D eigenvalue weighted by atomic mass is 32.1. The molecule has 0 amide bonds. The van der Waals surface area contributed by atoms with Crippen molar-refractivity contribution >= 4 is 17.1 Å². The minimum atomic E-state index is 0.152. The highest BCUT2D eigenvalue weighted by Crippen LogP contribution is 2.36. The van der Waals surface area contributed by atoms with Crippen molar-refractivity contribution in [1.82, 2.24) is 4.90 Å². The molecule has 0 bridgehead atoms. The number of ketones is 1. The van der Waals surface area contributed by atoms with E-state index in [1.165, 1.54) is 17.5 Å². The number of likely N-dealkylation sites (tertiary alicyclic amines) is 1. The highest BCUT2D eigenvalue weighted by molar-refractivity contribution is 7.12. The molecule has 0 aliphatic carbocycles. The van der Waals surface area contributed by atoms with Gasteiger partial charge in [-0.2, -0.15) is 0 Å². The van der Waals surface area contributed by atoms with Gasteiger partial charge in [-0.25, -0.2) is 0 Å². The molecule has 3 rings (SSSR count). The fourth-order valence-electron chi connectivity index (χ4n) is 2.73. The summed E-state index contributed by atoms with van der Waals surface area (Å²) in [6.45, 7) is 3.64. The van der Waals surface area contributed by atoms with E-state index in [1.807, 2.05) is 18.2 Å². The van der Waals surface area contributed by atoms with Crippen molar-refractivity contribution in [2.45, 2.75) is 25.9 Å². The zero-order valence-electron chi connectivity index (χ0n) is 12.3. The van der Waals surface area contributed by atoms with Crippen molar-refractivity contribution in [3.05, 3.63) is 51.7 Å². The average Bonchev–Trinajstić information content (AvgIpc) is 2.93. The molecule has 1 saturated heterocycles. The van der Waals surface area contributed by atoms with Crippen molar-refractivity contribution in [3.63, 3.8) is 0 Å². The number of carbonyl (C=O) groups excluding carboxylic acids is 1. The van der Waals surface area contributed by atoms with E-state index in [4.69, 9.17) is 4.74 Å². The Morgan fingerprint density at radius 1 is 1.43 bits per heavy atom. The Labute approximate surface area is 129 Å². The summed E-state index contributed by atoms with van der Waals surface area (Å²) >= 11 is 1.54. The van der Waals surface area contributed by atoms with Gasteiger partial charge in [0, 0.05) is 19.1 Å². The summed E-state index contributed by atoms with van der Waals surface area (Å²) in [7, 11) is 1.70. The SMILES string of the molecule is COc1cccc([C@H]2CCN2Cc2csc(C(C)=O)c2)c1. The molecule has 4 heteroatoms. The van der Waals surface area contributed by atoms with Crippen LogP contribution in [0.2, 0.25) is 0 Å². The Balaban J connectivity index is 1.70. The maximum Gasteiger partial charge on any atom is 0.169 e. The van der Waals surface area contributed by atoms with E-state index in [2.05, 4.69) is 22.4 Å². The molecule has 1 aliphatic heterocycles. The topological polar surface area (TPSA) is 29.5 Å². The third-order valence-corrected chi connectivity index (χ3v) is 5.08. The van der Waals surface area contributed by atoms with Crippen LogP contribution in [0.5, 0.6) is 5.75 Å². The standard InChI is InChI=1S/C17H19NO2S/c1-12(19)17-8-13(11-21-17)10-18-7-6-16(18)14-4-3-5-15(9-14)20-2/h3-5,8-9,11,16H,6-7,10H2,1-2H3/t16-/m1/s1. The number of rotatable bonds is 5. The van der Waals surface area contributed by atoms with Crippen molar-refractivity contribution < 1.29 is 9.53 Å². The average molecular weight is 301 g/mol. The number of hydrogen-bond donors (Lipinski definition) is 0. The van der Waals surface area contributed by atoms with Crippen LogP contribution in [0.15, 0.2) is 35.7 Å². The summed E-state index contributed by atoms with van der Waals surface area (Å²) in [4.78, 5) is 14.7. The van der Waals surface area contributed by atoms with E-state index < -0.39 is 0 Å². The van der Waals surface area contributed by atoms with Crippen LogP contribution in [0, 0.1) is 0 Å². The first-order valence-corrected chi connectivity index (χ1v) is 8.01. The van der Waals surface area contributed by atoms with Crippen molar-refractivity contribution in [3.8, 4) is 5.75 Å². The van der Waals surface area contributed by atoms with Gasteiger partial charge in [0.2, 0.25) is 0 Å². The number of Topliss-reactive ketones (excluding diaryl/α,β-unsaturated/α-hetero) is 1. The lowest BCUT2D eigenvalue weighted by Crippen LogP contribution is -2.40. The third kappa shape index (κ3) is 3.01. The summed E-state index contributed by atoms with van der Waals surface area (Å²) in [5, 5.41) is 2.09. The number of nitrogens with zero attached hydrogens (tertiary/aromatic N) is 1. The van der Waals surface area contributed by atoms with Gasteiger partial charge in [0.15, 0.2) is 5.78 Å². The summed E-state index contributed by atoms with van der Waals surface area (Å²) in [6.07, 6.45) is 1.18. The number of hydrogen-bond acceptors (Lipinski definition) is 4. The normalized spacial score (nSPS) is 18.3. The van der Waals surface area contributed by atoms with Crippen molar-refractivity contribution in [2.75, 3.05) is 13.7 Å². The molecule has 2 heterocycles. The molecule has 1 aromatic heterocycles. The molecule has 0 saturated carbocycles. The van der Waals surface area contributed by atoms with E-state index in [1.54, 1.807) is 25.4 Å². The number of thiophene rings is 1. The van der Waals surface area contributed by atoms with Gasteiger partial charge in [0.05, 0.1) is 12.0 Å². The predicted octanol–water partition coefficient (Wildman–Crippen LogP) is 3.91. The van der Waals surface area contributed by atoms with Crippen LogP contribution >= 0.6 is 11.3 Å². The molecule has 21 heavy (non-hydrogen) atoms. The molecular weight excluding hydrogens is 282 g/mol. The van der Waals surface area contributed by atoms with Gasteiger partial charge in [-0.05, 0) is 48.1 Å². The minimum absolute atomic E-state index is 0.152. The van der Waals surface area contributed by atoms with Crippen LogP contribution in [0.3, 0.4) is 0 Å². The number of benzene rings is 1. The molecular formula is C17H19NO2S. The third-order valence-electron chi connectivity index (χ3n) is 4.00. The van der Waals surface area contributed by atoms with Crippen LogP contribution in [-0.4, -0.2) is 24.3 Å². The molecule has 110 valence electrons. The summed E-state index contributed by atoms with van der Waals surface area (Å²) < 4.78 is 5.30. The van der Waals surface area contributed by atoms with E-state index in [0.29, 0.717) is 6.04 Å². The Morgan fingerprint density at radius 2 is 2.29 bits per heavy atom. The van der Waals surface area contributed by atoms with Crippen LogP contribution in [0.1, 0.15) is 40.2 Å². The summed E-state index contributed by atoms with van der Waals surface area (Å²) in [5.41, 5.74) is 2.54. The molecule has 3 nitrogen and oxygen atoms in total. The quantitative estimate of drug-likeness (QED) is 0.784. The van der Waals surface area contributed by atoms with Gasteiger partial charge in [0.1, 0.15) is 5.75 Å². The second-order valence-corrected chi connectivity index (χ2v) is 6.34. The molecule has 0 N–H and O–H groups in total. The van der Waals surface area contributed by atoms with Gasteiger partial charge >= 0.3 is 0 Å². The van der Waals surface area contributed by atoms with Gasteiger partial charge in [-0.1, -0.05) is 12.1 Å². The van der Waals surface area contributed by atoms with Crippen molar-refractivity contribution in [2.24, 2.45) is 0 Å². The van der Waals surface area contributed by atoms with Crippen LogP contribution in [0.25, 0.3) is 0 Å². The lowest BCUT2D eigenvalue weighted by atomic mass is 9.94. The minimum Gasteiger partial charge on any atom is -0.497 e. The smallest absolute Gasteiger partial charge is 0.169 e. The van der Waals surface area contributed by atoms with Gasteiger partial charge in [0.25, 0.3) is 0 Å². The maximum atomic E-state index is 11.4. The summed E-state index contributed by atoms with van der Waals surface area (Å²) in [6, 6.07) is 10.8. The molecule has 2 aromatic rings. The van der Waals surface area contributed by atoms with E-state index >= 15 is 0 Å². The molecule has 1 aromatic carbocycles. The first-order valence-electron chi connectivity index (χ1n) is 7.13. The summed E-state index contributed by atoms with van der Waals surface area (Å²) in [5.74, 6) is 1.06. The number of carbonyl (C=O) groups is 1. The molecule has 0 radical (unpaired) electrons. The number of methoxy groups -OCH3 is 1. The lowest BCUT2D eigenvalue weighted by Gasteiger charge is -2.41. The number of ether oxygens (including phenoxy) is 1. The zero-order valence-corrected chi connectivity index (χ0v) is 13.2. The van der Waals surface area contributed by atoms with E-state index in [0.717, 1.165) is 23.7 Å². The van der Waals surface area contributed by atoms with Crippen LogP contribution in [-0.2, 0) is 6.54 Å². The molecule has 1 atom stereocenters. The van der Waals surface area contributed by atoms with E-state index in [9.17, 15) is 4.79 Å². The monoisotopic (exact) mass is 301 g/mol. The Hall–Kier alpha value is -1.65. The Morgan fingerprint density at radius 3 is 2.90 bits per heavy atom. The first-order chi connectivity index (χ1) is 10.2. The highest BCUT2D eigenvalue weighted by Gasteiger charge is 2.29. The van der Waals surface area contributed by atoms with E-state index in [-0.39, 0.29) is 5.78 Å². The molecule has 1 aliphatic rings. The molecule has 1 fully saturated rings. The maximum absolute atomic E-state index is 11.4. The van der Waals surface area contributed by atoms with Crippen LogP contribution in [0.4, 0.5) is 0 Å². The Bertz CT molecular complexity index is 650. The second kappa shape index (κ2) is 6.00. The largest absolute Gasteiger partial charge is 0.497 e. The molecule has 0 spiro atoms. The fraction of sp³-hybridized carbons (Fsp3) is 0.353. The first kappa shape index (κ1) is 14.3. The van der Waals surface area contributed by atoms with Crippen LogP contribution < -0.4 is 4.74 Å². The fourth-order valence-corrected chi connectivity index (χ4v) is 3.54. The second-order valence-electron chi connectivity index (χ2n) is 5.43. The van der Waals surface area contributed by atoms with Gasteiger partial charge in [-0.15, -0.1) is 11.3 Å². The van der Waals surface area contributed by atoms with Gasteiger partial charge in [-0.3, -0.25) is 9.69 Å². The predicted molar refractivity (Wildman–Crippen MR) is 85.1 cm³/mol.